The summed E-state index contributed by atoms with van der Waals surface area (Å²) in [5.41, 5.74) is 3.51. The fourth-order valence-corrected chi connectivity index (χ4v) is 2.01. The van der Waals surface area contributed by atoms with Crippen molar-refractivity contribution in [1.82, 2.24) is 4.98 Å². The van der Waals surface area contributed by atoms with Crippen molar-refractivity contribution in [2.45, 2.75) is 6.42 Å². The van der Waals surface area contributed by atoms with Crippen LogP contribution in [0.3, 0.4) is 0 Å². The summed E-state index contributed by atoms with van der Waals surface area (Å²) in [5, 5.41) is 13.6. The van der Waals surface area contributed by atoms with Gasteiger partial charge in [-0.2, -0.15) is 5.26 Å². The van der Waals surface area contributed by atoms with E-state index in [0.29, 0.717) is 17.8 Å². The van der Waals surface area contributed by atoms with Crippen molar-refractivity contribution in [2.24, 2.45) is 0 Å². The third-order valence-electron chi connectivity index (χ3n) is 2.28. The van der Waals surface area contributed by atoms with E-state index in [0.717, 1.165) is 12.1 Å². The molecule has 0 aliphatic carbocycles. The molecular formula is C12H10FN3S. The summed E-state index contributed by atoms with van der Waals surface area (Å²) < 4.78 is 13.5. The molecule has 2 aromatic rings. The van der Waals surface area contributed by atoms with Crippen molar-refractivity contribution < 1.29 is 4.39 Å². The summed E-state index contributed by atoms with van der Waals surface area (Å²) >= 11 is 1.54. The van der Waals surface area contributed by atoms with Crippen molar-refractivity contribution in [1.29, 1.82) is 5.26 Å². The summed E-state index contributed by atoms with van der Waals surface area (Å²) in [4.78, 5) is 4.14. The van der Waals surface area contributed by atoms with Crippen molar-refractivity contribution in [2.75, 3.05) is 11.9 Å². The maximum absolute atomic E-state index is 13.5. The van der Waals surface area contributed by atoms with Crippen LogP contribution in [0.1, 0.15) is 11.3 Å². The lowest BCUT2D eigenvalue weighted by molar-refractivity contribution is 0.629. The highest BCUT2D eigenvalue weighted by Gasteiger charge is 2.03. The molecule has 0 bridgehead atoms. The lowest BCUT2D eigenvalue weighted by atomic mass is 10.2. The minimum Gasteiger partial charge on any atom is -0.382 e. The largest absolute Gasteiger partial charge is 0.382 e. The van der Waals surface area contributed by atoms with E-state index in [1.165, 1.54) is 6.07 Å². The Morgan fingerprint density at radius 3 is 3.00 bits per heavy atom. The monoisotopic (exact) mass is 247 g/mol. The van der Waals surface area contributed by atoms with Crippen LogP contribution in [0.5, 0.6) is 0 Å². The standard InChI is InChI=1S/C12H10FN3S/c13-11-5-9(6-14)1-2-12(11)15-4-3-10-7-17-8-16-10/h1-2,5,7-8,15H,3-4H2. The first-order chi connectivity index (χ1) is 8.29. The first kappa shape index (κ1) is 11.6. The van der Waals surface area contributed by atoms with Gasteiger partial charge in [-0.1, -0.05) is 0 Å². The lowest BCUT2D eigenvalue weighted by Crippen LogP contribution is -2.06. The van der Waals surface area contributed by atoms with E-state index in [-0.39, 0.29) is 0 Å². The normalized spacial score (nSPS) is 9.88. The SMILES string of the molecule is N#Cc1ccc(NCCc2cscn2)c(F)c1. The number of anilines is 1. The first-order valence-electron chi connectivity index (χ1n) is 5.10. The number of nitriles is 1. The minimum atomic E-state index is -0.401. The molecule has 0 fully saturated rings. The molecule has 0 unspecified atom stereocenters. The number of hydrogen-bond acceptors (Lipinski definition) is 4. The van der Waals surface area contributed by atoms with Crippen molar-refractivity contribution in [3.8, 4) is 6.07 Å². The van der Waals surface area contributed by atoms with Crippen LogP contribution in [0.25, 0.3) is 0 Å². The molecule has 1 heterocycles. The van der Waals surface area contributed by atoms with E-state index in [2.05, 4.69) is 10.3 Å². The van der Waals surface area contributed by atoms with Crippen LogP contribution < -0.4 is 5.32 Å². The molecule has 0 aliphatic rings. The van der Waals surface area contributed by atoms with Gasteiger partial charge in [-0.15, -0.1) is 11.3 Å². The van der Waals surface area contributed by atoms with E-state index in [1.54, 1.807) is 29.0 Å². The summed E-state index contributed by atoms with van der Waals surface area (Å²) in [6, 6.07) is 6.29. The van der Waals surface area contributed by atoms with Gasteiger partial charge in [0.05, 0.1) is 28.5 Å². The number of thiazole rings is 1. The molecule has 0 aliphatic heterocycles. The maximum Gasteiger partial charge on any atom is 0.147 e. The van der Waals surface area contributed by atoms with Gasteiger partial charge in [-0.25, -0.2) is 9.37 Å². The molecule has 3 nitrogen and oxygen atoms in total. The zero-order valence-electron chi connectivity index (χ0n) is 8.98. The summed E-state index contributed by atoms with van der Waals surface area (Å²) in [6.45, 7) is 0.618. The number of nitrogens with one attached hydrogen (secondary N) is 1. The number of benzene rings is 1. The Labute approximate surface area is 103 Å². The second kappa shape index (κ2) is 5.41. The van der Waals surface area contributed by atoms with Gasteiger partial charge in [0.25, 0.3) is 0 Å². The van der Waals surface area contributed by atoms with Crippen molar-refractivity contribution in [3.63, 3.8) is 0 Å². The average molecular weight is 247 g/mol. The van der Waals surface area contributed by atoms with Crippen LogP contribution in [-0.2, 0) is 6.42 Å². The summed E-state index contributed by atoms with van der Waals surface area (Å²) in [6.07, 6.45) is 0.753. The average Bonchev–Trinajstić information content (AvgIpc) is 2.84. The summed E-state index contributed by atoms with van der Waals surface area (Å²) in [5.74, 6) is -0.401. The van der Waals surface area contributed by atoms with Crippen LogP contribution >= 0.6 is 11.3 Å². The van der Waals surface area contributed by atoms with E-state index >= 15 is 0 Å². The second-order valence-corrected chi connectivity index (χ2v) is 4.18. The van der Waals surface area contributed by atoms with E-state index in [9.17, 15) is 4.39 Å². The maximum atomic E-state index is 13.5. The highest BCUT2D eigenvalue weighted by atomic mass is 32.1. The fraction of sp³-hybridized carbons (Fsp3) is 0.167. The molecule has 86 valence electrons. The molecule has 1 aromatic heterocycles. The van der Waals surface area contributed by atoms with E-state index in [4.69, 9.17) is 5.26 Å². The van der Waals surface area contributed by atoms with Gasteiger partial charge in [0.15, 0.2) is 0 Å². The molecular weight excluding hydrogens is 237 g/mol. The number of halogens is 1. The van der Waals surface area contributed by atoms with Gasteiger partial charge in [-0.3, -0.25) is 0 Å². The molecule has 1 N–H and O–H groups in total. The number of hydrogen-bond donors (Lipinski definition) is 1. The van der Waals surface area contributed by atoms with Gasteiger partial charge < -0.3 is 5.32 Å². The van der Waals surface area contributed by atoms with Crippen molar-refractivity contribution in [3.05, 3.63) is 46.2 Å². The van der Waals surface area contributed by atoms with Crippen LogP contribution in [-0.4, -0.2) is 11.5 Å². The quantitative estimate of drug-likeness (QED) is 0.903. The number of rotatable bonds is 4. The predicted octanol–water partition coefficient (Wildman–Crippen LogP) is 2.81. The predicted molar refractivity (Wildman–Crippen MR) is 65.4 cm³/mol. The molecule has 5 heteroatoms. The first-order valence-corrected chi connectivity index (χ1v) is 6.04. The van der Waals surface area contributed by atoms with E-state index in [1.807, 2.05) is 11.4 Å². The highest BCUT2D eigenvalue weighted by molar-refractivity contribution is 7.07. The highest BCUT2D eigenvalue weighted by Crippen LogP contribution is 2.15. The topological polar surface area (TPSA) is 48.7 Å². The Hall–Kier alpha value is -1.93. The Morgan fingerprint density at radius 2 is 2.35 bits per heavy atom. The van der Waals surface area contributed by atoms with Gasteiger partial charge in [0, 0.05) is 18.3 Å². The minimum absolute atomic E-state index is 0.326. The van der Waals surface area contributed by atoms with Gasteiger partial charge in [0.2, 0.25) is 0 Å². The molecule has 1 aromatic carbocycles. The Kier molecular flexibility index (Phi) is 3.68. The third kappa shape index (κ3) is 3.02. The number of aromatic nitrogens is 1. The summed E-state index contributed by atoms with van der Waals surface area (Å²) in [7, 11) is 0. The third-order valence-corrected chi connectivity index (χ3v) is 2.91. The zero-order valence-corrected chi connectivity index (χ0v) is 9.80. The van der Waals surface area contributed by atoms with Gasteiger partial charge >= 0.3 is 0 Å². The Balaban J connectivity index is 1.93. The Bertz CT molecular complexity index is 531. The molecule has 17 heavy (non-hydrogen) atoms. The van der Waals surface area contributed by atoms with Crippen LogP contribution in [0.15, 0.2) is 29.1 Å². The van der Waals surface area contributed by atoms with Crippen LogP contribution in [0.4, 0.5) is 10.1 Å². The van der Waals surface area contributed by atoms with Crippen molar-refractivity contribution >= 4 is 17.0 Å². The van der Waals surface area contributed by atoms with Crippen LogP contribution in [0, 0.1) is 17.1 Å². The molecule has 0 radical (unpaired) electrons. The molecule has 0 saturated heterocycles. The fourth-order valence-electron chi connectivity index (χ4n) is 1.41. The molecule has 0 spiro atoms. The number of nitrogens with zero attached hydrogens (tertiary/aromatic N) is 2. The smallest absolute Gasteiger partial charge is 0.147 e. The molecule has 0 amide bonds. The van der Waals surface area contributed by atoms with Crippen LogP contribution in [0.2, 0.25) is 0 Å². The van der Waals surface area contributed by atoms with Gasteiger partial charge in [-0.05, 0) is 18.2 Å². The zero-order chi connectivity index (χ0) is 12.1. The van der Waals surface area contributed by atoms with E-state index < -0.39 is 5.82 Å². The molecule has 0 atom stereocenters. The molecule has 0 saturated carbocycles. The second-order valence-electron chi connectivity index (χ2n) is 3.46. The van der Waals surface area contributed by atoms with Gasteiger partial charge in [0.1, 0.15) is 5.82 Å². The lowest BCUT2D eigenvalue weighted by Gasteiger charge is -2.06. The molecule has 2 rings (SSSR count). The Morgan fingerprint density at radius 1 is 1.47 bits per heavy atom.